The van der Waals surface area contributed by atoms with Gasteiger partial charge in [0.05, 0.1) is 16.1 Å². The largest absolute Gasteiger partial charge is 0.460 e. The van der Waals surface area contributed by atoms with Crippen molar-refractivity contribution in [2.45, 2.75) is 31.1 Å². The molecule has 5 nitrogen and oxygen atoms in total. The highest BCUT2D eigenvalue weighted by Gasteiger charge is 2.27. The second-order valence-corrected chi connectivity index (χ2v) is 9.12. The van der Waals surface area contributed by atoms with Gasteiger partial charge in [-0.15, -0.1) is 0 Å². The second-order valence-electron chi connectivity index (χ2n) is 7.44. The van der Waals surface area contributed by atoms with E-state index >= 15 is 0 Å². The van der Waals surface area contributed by atoms with Crippen LogP contribution in [0.3, 0.4) is 0 Å². The number of anilines is 1. The monoisotopic (exact) mass is 405 g/mol. The van der Waals surface area contributed by atoms with Crippen LogP contribution >= 0.6 is 0 Å². The van der Waals surface area contributed by atoms with E-state index in [9.17, 15) is 13.2 Å². The molecule has 29 heavy (non-hydrogen) atoms. The van der Waals surface area contributed by atoms with E-state index in [0.29, 0.717) is 40.8 Å². The van der Waals surface area contributed by atoms with Crippen molar-refractivity contribution in [2.75, 3.05) is 4.72 Å². The summed E-state index contributed by atoms with van der Waals surface area (Å²) >= 11 is 0. The molecule has 1 aliphatic rings. The van der Waals surface area contributed by atoms with Gasteiger partial charge >= 0.3 is 0 Å². The zero-order valence-corrected chi connectivity index (χ0v) is 16.7. The van der Waals surface area contributed by atoms with E-state index in [0.717, 1.165) is 22.8 Å². The molecule has 5 rings (SSSR count). The molecular formula is C23H19NO4S. The molecule has 0 fully saturated rings. The summed E-state index contributed by atoms with van der Waals surface area (Å²) < 4.78 is 34.7. The Hall–Kier alpha value is -3.12. The lowest BCUT2D eigenvalue weighted by atomic mass is 9.93. The standard InChI is InChI=1S/C23H19NO4S/c1-14-9-11-15(12-10-14)29(26,27)24-19-13-18-22-20(25)7-4-8-21(22)28-23(18)17-6-3-2-5-16(17)19/h2-3,5-6,9-13,24H,4,7-8H2,1H3. The van der Waals surface area contributed by atoms with Gasteiger partial charge in [-0.2, -0.15) is 0 Å². The van der Waals surface area contributed by atoms with Crippen LogP contribution < -0.4 is 4.72 Å². The Balaban J connectivity index is 1.73. The summed E-state index contributed by atoms with van der Waals surface area (Å²) in [7, 11) is -3.77. The van der Waals surface area contributed by atoms with Gasteiger partial charge in [-0.1, -0.05) is 42.0 Å². The van der Waals surface area contributed by atoms with Gasteiger partial charge in [0.15, 0.2) is 5.78 Å². The molecule has 3 aromatic carbocycles. The van der Waals surface area contributed by atoms with Crippen LogP contribution in [0.1, 0.15) is 34.5 Å². The van der Waals surface area contributed by atoms with Crippen molar-refractivity contribution in [2.24, 2.45) is 0 Å². The molecule has 0 radical (unpaired) electrons. The van der Waals surface area contributed by atoms with Crippen molar-refractivity contribution in [3.05, 3.63) is 71.5 Å². The molecule has 146 valence electrons. The van der Waals surface area contributed by atoms with Gasteiger partial charge in [0.25, 0.3) is 10.0 Å². The maximum atomic E-state index is 13.0. The third kappa shape index (κ3) is 2.91. The lowest BCUT2D eigenvalue weighted by Gasteiger charge is -2.12. The second kappa shape index (κ2) is 6.46. The lowest BCUT2D eigenvalue weighted by Crippen LogP contribution is -2.13. The van der Waals surface area contributed by atoms with E-state index in [-0.39, 0.29) is 10.7 Å². The van der Waals surface area contributed by atoms with Crippen LogP contribution in [-0.4, -0.2) is 14.2 Å². The van der Waals surface area contributed by atoms with Gasteiger partial charge in [0.1, 0.15) is 11.3 Å². The minimum Gasteiger partial charge on any atom is -0.460 e. The molecule has 0 bridgehead atoms. The number of carbonyl (C=O) groups excluding carboxylic acids is 1. The average molecular weight is 405 g/mol. The summed E-state index contributed by atoms with van der Waals surface area (Å²) in [6.07, 6.45) is 1.98. The van der Waals surface area contributed by atoms with Crippen LogP contribution in [0.4, 0.5) is 5.69 Å². The Morgan fingerprint density at radius 2 is 1.66 bits per heavy atom. The van der Waals surface area contributed by atoms with E-state index in [1.165, 1.54) is 0 Å². The van der Waals surface area contributed by atoms with Gasteiger partial charge in [0.2, 0.25) is 0 Å². The van der Waals surface area contributed by atoms with Crippen LogP contribution in [-0.2, 0) is 16.4 Å². The molecule has 0 aliphatic heterocycles. The summed E-state index contributed by atoms with van der Waals surface area (Å²) in [5.74, 6) is 0.743. The van der Waals surface area contributed by atoms with Crippen molar-refractivity contribution < 1.29 is 17.6 Å². The number of hydrogen-bond donors (Lipinski definition) is 1. The van der Waals surface area contributed by atoms with Crippen LogP contribution in [0, 0.1) is 6.92 Å². The number of aryl methyl sites for hydroxylation is 2. The van der Waals surface area contributed by atoms with E-state index in [2.05, 4.69) is 4.72 Å². The predicted molar refractivity (Wildman–Crippen MR) is 113 cm³/mol. The zero-order chi connectivity index (χ0) is 20.2. The first kappa shape index (κ1) is 17.9. The SMILES string of the molecule is Cc1ccc(S(=O)(=O)Nc2cc3c4c(oc3c3ccccc23)CCCC4=O)cc1. The lowest BCUT2D eigenvalue weighted by molar-refractivity contribution is 0.0971. The molecule has 6 heteroatoms. The average Bonchev–Trinajstić information content (AvgIpc) is 3.08. The number of benzene rings is 3. The summed E-state index contributed by atoms with van der Waals surface area (Å²) in [6.45, 7) is 1.91. The van der Waals surface area contributed by atoms with Crippen LogP contribution in [0.25, 0.3) is 21.7 Å². The first-order valence-electron chi connectivity index (χ1n) is 9.54. The highest BCUT2D eigenvalue weighted by Crippen LogP contribution is 2.39. The summed E-state index contributed by atoms with van der Waals surface area (Å²) in [4.78, 5) is 12.7. The van der Waals surface area contributed by atoms with Crippen LogP contribution in [0.2, 0.25) is 0 Å². The van der Waals surface area contributed by atoms with E-state index in [1.807, 2.05) is 31.2 Å². The van der Waals surface area contributed by atoms with Crippen molar-refractivity contribution in [1.82, 2.24) is 0 Å². The number of hydrogen-bond acceptors (Lipinski definition) is 4. The molecule has 0 unspecified atom stereocenters. The zero-order valence-electron chi connectivity index (χ0n) is 15.9. The minimum absolute atomic E-state index is 0.0487. The molecule has 0 amide bonds. The molecule has 0 atom stereocenters. The maximum absolute atomic E-state index is 13.0. The van der Waals surface area contributed by atoms with E-state index in [1.54, 1.807) is 30.3 Å². The highest BCUT2D eigenvalue weighted by molar-refractivity contribution is 7.92. The van der Waals surface area contributed by atoms with Gasteiger partial charge in [-0.05, 0) is 31.5 Å². The number of fused-ring (bicyclic) bond motifs is 5. The quantitative estimate of drug-likeness (QED) is 0.507. The van der Waals surface area contributed by atoms with Gasteiger partial charge in [-0.3, -0.25) is 9.52 Å². The van der Waals surface area contributed by atoms with Crippen molar-refractivity contribution in [3.63, 3.8) is 0 Å². The fourth-order valence-corrected chi connectivity index (χ4v) is 5.06. The number of furan rings is 1. The molecular weight excluding hydrogens is 386 g/mol. The van der Waals surface area contributed by atoms with Crippen LogP contribution in [0.5, 0.6) is 0 Å². The summed E-state index contributed by atoms with van der Waals surface area (Å²) in [5, 5.41) is 2.19. The molecule has 1 aliphatic carbocycles. The molecule has 4 aromatic rings. The number of sulfonamides is 1. The normalized spacial score (nSPS) is 14.3. The third-order valence-electron chi connectivity index (χ3n) is 5.43. The Morgan fingerprint density at radius 1 is 0.931 bits per heavy atom. The molecule has 0 spiro atoms. The van der Waals surface area contributed by atoms with Crippen molar-refractivity contribution in [1.29, 1.82) is 0 Å². The Labute approximate surface area is 168 Å². The molecule has 1 aromatic heterocycles. The van der Waals surface area contributed by atoms with Crippen molar-refractivity contribution in [3.8, 4) is 0 Å². The van der Waals surface area contributed by atoms with E-state index in [4.69, 9.17) is 4.42 Å². The Morgan fingerprint density at radius 3 is 2.41 bits per heavy atom. The number of Topliss-reactive ketones (excluding diaryl/α,β-unsaturated/α-hetero) is 1. The highest BCUT2D eigenvalue weighted by atomic mass is 32.2. The van der Waals surface area contributed by atoms with Gasteiger partial charge in [-0.25, -0.2) is 8.42 Å². The maximum Gasteiger partial charge on any atom is 0.261 e. The topological polar surface area (TPSA) is 76.4 Å². The molecule has 0 saturated carbocycles. The third-order valence-corrected chi connectivity index (χ3v) is 6.81. The fraction of sp³-hybridized carbons (Fsp3) is 0.174. The van der Waals surface area contributed by atoms with Gasteiger partial charge < -0.3 is 4.42 Å². The molecule has 1 heterocycles. The number of carbonyl (C=O) groups is 1. The first-order chi connectivity index (χ1) is 13.9. The predicted octanol–water partition coefficient (Wildman–Crippen LogP) is 5.21. The number of ketones is 1. The Kier molecular flexibility index (Phi) is 3.99. The van der Waals surface area contributed by atoms with Crippen LogP contribution in [0.15, 0.2) is 63.9 Å². The molecule has 0 saturated heterocycles. The van der Waals surface area contributed by atoms with Crippen molar-refractivity contribution >= 4 is 43.2 Å². The first-order valence-corrected chi connectivity index (χ1v) is 11.0. The summed E-state index contributed by atoms with van der Waals surface area (Å²) in [5.41, 5.74) is 2.65. The molecule has 1 N–H and O–H groups in total. The number of nitrogens with one attached hydrogen (secondary N) is 1. The Bertz CT molecular complexity index is 1380. The van der Waals surface area contributed by atoms with E-state index < -0.39 is 10.0 Å². The number of rotatable bonds is 3. The van der Waals surface area contributed by atoms with Gasteiger partial charge in [0, 0.05) is 29.0 Å². The minimum atomic E-state index is -3.77. The fourth-order valence-electron chi connectivity index (χ4n) is 3.99. The smallest absolute Gasteiger partial charge is 0.261 e. The summed E-state index contributed by atoms with van der Waals surface area (Å²) in [6, 6.07) is 15.9.